The van der Waals surface area contributed by atoms with Crippen molar-refractivity contribution in [3.05, 3.63) is 44.4 Å². The summed E-state index contributed by atoms with van der Waals surface area (Å²) < 4.78 is 0. The van der Waals surface area contributed by atoms with Gasteiger partial charge in [0, 0.05) is 16.5 Å². The van der Waals surface area contributed by atoms with Crippen molar-refractivity contribution in [2.24, 2.45) is 5.92 Å². The zero-order chi connectivity index (χ0) is 15.9. The molecule has 116 valence electrons. The maximum Gasteiger partial charge on any atom is 0.227 e. The van der Waals surface area contributed by atoms with Crippen LogP contribution in [0.5, 0.6) is 0 Å². The average Bonchev–Trinajstić information content (AvgIpc) is 2.81. The molecule has 1 aromatic heterocycles. The van der Waals surface area contributed by atoms with E-state index in [2.05, 4.69) is 43.2 Å². The number of benzene rings is 1. The van der Waals surface area contributed by atoms with E-state index in [9.17, 15) is 4.79 Å². The van der Waals surface area contributed by atoms with Crippen LogP contribution in [0.25, 0.3) is 0 Å². The molecule has 1 N–H and O–H groups in total. The molecule has 0 aliphatic heterocycles. The van der Waals surface area contributed by atoms with E-state index >= 15 is 0 Å². The molecule has 1 atom stereocenters. The van der Waals surface area contributed by atoms with Gasteiger partial charge in [-0.3, -0.25) is 4.79 Å². The summed E-state index contributed by atoms with van der Waals surface area (Å²) in [5, 5.41) is 4.27. The van der Waals surface area contributed by atoms with Gasteiger partial charge in [-0.05, 0) is 58.1 Å². The third-order valence-corrected chi connectivity index (χ3v) is 5.38. The lowest BCUT2D eigenvalue weighted by molar-refractivity contribution is -0.120. The number of aryl methyl sites for hydroxylation is 5. The molecular formula is C18H22N2OS. The van der Waals surface area contributed by atoms with Gasteiger partial charge in [-0.2, -0.15) is 0 Å². The number of carbonyl (C=O) groups excluding carboxylic acids is 1. The molecule has 1 aliphatic rings. The molecule has 0 saturated heterocycles. The van der Waals surface area contributed by atoms with Crippen molar-refractivity contribution < 1.29 is 4.79 Å². The molecule has 4 heteroatoms. The number of rotatable bonds is 2. The number of thiazole rings is 1. The minimum absolute atomic E-state index is 0.0625. The van der Waals surface area contributed by atoms with Crippen LogP contribution in [0.15, 0.2) is 12.1 Å². The fourth-order valence-electron chi connectivity index (χ4n) is 3.33. The van der Waals surface area contributed by atoms with Gasteiger partial charge in [0.2, 0.25) is 5.91 Å². The maximum atomic E-state index is 12.6. The molecule has 1 aromatic carbocycles. The SMILES string of the molecule is Cc1cc(C)c(NC(=O)C2CCc3nc(C)sc3C2)c(C)c1. The quantitative estimate of drug-likeness (QED) is 0.906. The Labute approximate surface area is 135 Å². The average molecular weight is 314 g/mol. The van der Waals surface area contributed by atoms with Gasteiger partial charge in [-0.25, -0.2) is 4.98 Å². The minimum atomic E-state index is 0.0625. The molecular weight excluding hydrogens is 292 g/mol. The third kappa shape index (κ3) is 2.93. The van der Waals surface area contributed by atoms with Gasteiger partial charge in [0.25, 0.3) is 0 Å². The molecule has 1 heterocycles. The first kappa shape index (κ1) is 15.2. The Kier molecular flexibility index (Phi) is 4.04. The Balaban J connectivity index is 1.76. The Morgan fingerprint density at radius 3 is 2.59 bits per heavy atom. The van der Waals surface area contributed by atoms with Crippen LogP contribution in [0, 0.1) is 33.6 Å². The Morgan fingerprint density at radius 1 is 1.23 bits per heavy atom. The highest BCUT2D eigenvalue weighted by atomic mass is 32.1. The van der Waals surface area contributed by atoms with Crippen LogP contribution in [0.2, 0.25) is 0 Å². The lowest BCUT2D eigenvalue weighted by Gasteiger charge is -2.22. The summed E-state index contributed by atoms with van der Waals surface area (Å²) in [4.78, 5) is 18.5. The molecule has 0 saturated carbocycles. The normalized spacial score (nSPS) is 17.2. The highest BCUT2D eigenvalue weighted by molar-refractivity contribution is 7.11. The van der Waals surface area contributed by atoms with Crippen molar-refractivity contribution in [1.82, 2.24) is 4.98 Å². The molecule has 1 amide bonds. The molecule has 0 radical (unpaired) electrons. The predicted molar refractivity (Wildman–Crippen MR) is 91.6 cm³/mol. The zero-order valence-electron chi connectivity index (χ0n) is 13.6. The number of aromatic nitrogens is 1. The van der Waals surface area contributed by atoms with Gasteiger partial charge in [-0.1, -0.05) is 17.7 Å². The van der Waals surface area contributed by atoms with E-state index in [-0.39, 0.29) is 11.8 Å². The van der Waals surface area contributed by atoms with Gasteiger partial charge in [0.1, 0.15) is 0 Å². The fourth-order valence-corrected chi connectivity index (χ4v) is 4.39. The highest BCUT2D eigenvalue weighted by Crippen LogP contribution is 2.31. The number of nitrogens with zero attached hydrogens (tertiary/aromatic N) is 1. The molecule has 3 rings (SSSR count). The first-order valence-corrected chi connectivity index (χ1v) is 8.59. The van der Waals surface area contributed by atoms with Crippen LogP contribution in [-0.2, 0) is 17.6 Å². The van der Waals surface area contributed by atoms with E-state index in [1.807, 2.05) is 6.92 Å². The molecule has 1 unspecified atom stereocenters. The van der Waals surface area contributed by atoms with Crippen molar-refractivity contribution in [1.29, 1.82) is 0 Å². The summed E-state index contributed by atoms with van der Waals surface area (Å²) in [6.07, 6.45) is 2.65. The summed E-state index contributed by atoms with van der Waals surface area (Å²) in [7, 11) is 0. The highest BCUT2D eigenvalue weighted by Gasteiger charge is 2.27. The molecule has 1 aliphatic carbocycles. The van der Waals surface area contributed by atoms with E-state index in [1.165, 1.54) is 16.1 Å². The van der Waals surface area contributed by atoms with Crippen LogP contribution < -0.4 is 5.32 Å². The van der Waals surface area contributed by atoms with Crippen LogP contribution in [0.1, 0.15) is 38.7 Å². The van der Waals surface area contributed by atoms with Crippen LogP contribution in [-0.4, -0.2) is 10.9 Å². The second kappa shape index (κ2) is 5.84. The molecule has 0 spiro atoms. The summed E-state index contributed by atoms with van der Waals surface area (Å²) in [5.74, 6) is 0.208. The zero-order valence-corrected chi connectivity index (χ0v) is 14.4. The first-order valence-electron chi connectivity index (χ1n) is 7.78. The summed E-state index contributed by atoms with van der Waals surface area (Å²) >= 11 is 1.73. The van der Waals surface area contributed by atoms with Crippen molar-refractivity contribution in [3.8, 4) is 0 Å². The fraction of sp³-hybridized carbons (Fsp3) is 0.444. The number of nitrogens with one attached hydrogen (secondary N) is 1. The number of hydrogen-bond donors (Lipinski definition) is 1. The Morgan fingerprint density at radius 2 is 1.91 bits per heavy atom. The van der Waals surface area contributed by atoms with E-state index in [4.69, 9.17) is 0 Å². The standard InChI is InChI=1S/C18H22N2OS/c1-10-7-11(2)17(12(3)8-10)20-18(21)14-5-6-15-16(9-14)22-13(4)19-15/h7-8,14H,5-6,9H2,1-4H3,(H,20,21). The summed E-state index contributed by atoms with van der Waals surface area (Å²) in [6, 6.07) is 4.24. The van der Waals surface area contributed by atoms with Gasteiger partial charge in [0.15, 0.2) is 0 Å². The van der Waals surface area contributed by atoms with E-state index in [0.29, 0.717) is 0 Å². The lowest BCUT2D eigenvalue weighted by atomic mass is 9.90. The van der Waals surface area contributed by atoms with Crippen molar-refractivity contribution in [2.75, 3.05) is 5.32 Å². The first-order chi connectivity index (χ1) is 10.4. The molecule has 0 bridgehead atoms. The van der Waals surface area contributed by atoms with E-state index in [0.717, 1.165) is 41.1 Å². The summed E-state index contributed by atoms with van der Waals surface area (Å²) in [5.41, 5.74) is 5.68. The monoisotopic (exact) mass is 314 g/mol. The molecule has 2 aromatic rings. The topological polar surface area (TPSA) is 42.0 Å². The van der Waals surface area contributed by atoms with Crippen LogP contribution >= 0.6 is 11.3 Å². The largest absolute Gasteiger partial charge is 0.325 e. The maximum absolute atomic E-state index is 12.6. The lowest BCUT2D eigenvalue weighted by Crippen LogP contribution is -2.28. The minimum Gasteiger partial charge on any atom is -0.325 e. The van der Waals surface area contributed by atoms with Gasteiger partial charge >= 0.3 is 0 Å². The van der Waals surface area contributed by atoms with E-state index < -0.39 is 0 Å². The number of amides is 1. The second-order valence-corrected chi connectivity index (χ2v) is 7.59. The molecule has 22 heavy (non-hydrogen) atoms. The number of carbonyl (C=O) groups is 1. The van der Waals surface area contributed by atoms with Gasteiger partial charge < -0.3 is 5.32 Å². The van der Waals surface area contributed by atoms with Gasteiger partial charge in [0.05, 0.1) is 10.7 Å². The Bertz CT molecular complexity index is 710. The van der Waals surface area contributed by atoms with E-state index in [1.54, 1.807) is 11.3 Å². The van der Waals surface area contributed by atoms with Crippen molar-refractivity contribution in [2.45, 2.75) is 47.0 Å². The molecule has 3 nitrogen and oxygen atoms in total. The van der Waals surface area contributed by atoms with Crippen molar-refractivity contribution in [3.63, 3.8) is 0 Å². The Hall–Kier alpha value is -1.68. The third-order valence-electron chi connectivity index (χ3n) is 4.34. The van der Waals surface area contributed by atoms with Crippen molar-refractivity contribution >= 4 is 22.9 Å². The summed E-state index contributed by atoms with van der Waals surface area (Å²) in [6.45, 7) is 8.24. The van der Waals surface area contributed by atoms with Crippen LogP contribution in [0.3, 0.4) is 0 Å². The second-order valence-electron chi connectivity index (χ2n) is 6.31. The smallest absolute Gasteiger partial charge is 0.227 e. The number of fused-ring (bicyclic) bond motifs is 1. The van der Waals surface area contributed by atoms with Gasteiger partial charge in [-0.15, -0.1) is 11.3 Å². The molecule has 0 fully saturated rings. The van der Waals surface area contributed by atoms with Crippen LogP contribution in [0.4, 0.5) is 5.69 Å². The predicted octanol–water partition coefficient (Wildman–Crippen LogP) is 4.12. The number of anilines is 1. The number of hydrogen-bond acceptors (Lipinski definition) is 3.